The van der Waals surface area contributed by atoms with Crippen molar-refractivity contribution in [2.45, 2.75) is 45.6 Å². The third-order valence-corrected chi connectivity index (χ3v) is 3.82. The number of aryl methyl sites for hydroxylation is 2. The smallest absolute Gasteiger partial charge is 0.334 e. The van der Waals surface area contributed by atoms with Crippen LogP contribution in [0.4, 0.5) is 11.5 Å². The summed E-state index contributed by atoms with van der Waals surface area (Å²) in [6.45, 7) is 4.05. The van der Waals surface area contributed by atoms with Crippen molar-refractivity contribution >= 4 is 17.3 Å². The molecule has 7 heteroatoms. The average molecular weight is 280 g/mol. The quantitative estimate of drug-likeness (QED) is 0.621. The van der Waals surface area contributed by atoms with Gasteiger partial charge in [-0.3, -0.25) is 14.9 Å². The third-order valence-electron chi connectivity index (χ3n) is 3.82. The van der Waals surface area contributed by atoms with Gasteiger partial charge in [-0.25, -0.2) is 4.68 Å². The highest BCUT2D eigenvalue weighted by Crippen LogP contribution is 2.35. The number of piperidine rings is 1. The molecule has 1 saturated heterocycles. The van der Waals surface area contributed by atoms with Gasteiger partial charge in [0.15, 0.2) is 5.78 Å². The summed E-state index contributed by atoms with van der Waals surface area (Å²) >= 11 is 0. The second-order valence-electron chi connectivity index (χ2n) is 5.17. The number of ketones is 1. The normalized spacial score (nSPS) is 19.1. The van der Waals surface area contributed by atoms with E-state index in [9.17, 15) is 14.9 Å². The van der Waals surface area contributed by atoms with Gasteiger partial charge in [0.2, 0.25) is 5.82 Å². The van der Waals surface area contributed by atoms with Crippen LogP contribution < -0.4 is 4.90 Å². The lowest BCUT2D eigenvalue weighted by molar-refractivity contribution is -0.384. The van der Waals surface area contributed by atoms with Crippen molar-refractivity contribution in [1.29, 1.82) is 0 Å². The standard InChI is InChI=1S/C13H20N4O3/c1-4-10-12(17(19)20)13(15(3)14-10)16-8-6-5-7-11(16)9(2)18/h11H,4-8H2,1-3H3. The van der Waals surface area contributed by atoms with Gasteiger partial charge in [0, 0.05) is 13.6 Å². The predicted molar refractivity (Wildman–Crippen MR) is 74.9 cm³/mol. The van der Waals surface area contributed by atoms with Gasteiger partial charge in [-0.15, -0.1) is 0 Å². The van der Waals surface area contributed by atoms with E-state index in [1.165, 1.54) is 4.68 Å². The molecule has 1 unspecified atom stereocenters. The van der Waals surface area contributed by atoms with Crippen LogP contribution in [0.25, 0.3) is 0 Å². The number of rotatable bonds is 4. The summed E-state index contributed by atoms with van der Waals surface area (Å²) in [5.41, 5.74) is 0.517. The first kappa shape index (κ1) is 14.5. The molecule has 1 aliphatic heterocycles. The van der Waals surface area contributed by atoms with Crippen LogP contribution in [-0.2, 0) is 18.3 Å². The Balaban J connectivity index is 2.52. The molecule has 2 rings (SSSR count). The fraction of sp³-hybridized carbons (Fsp3) is 0.692. The fourth-order valence-corrected chi connectivity index (χ4v) is 2.91. The predicted octanol–water partition coefficient (Wildman–Crippen LogP) is 1.84. The van der Waals surface area contributed by atoms with Crippen molar-refractivity contribution in [3.05, 3.63) is 15.8 Å². The van der Waals surface area contributed by atoms with E-state index < -0.39 is 0 Å². The maximum atomic E-state index is 11.8. The van der Waals surface area contributed by atoms with E-state index >= 15 is 0 Å². The SMILES string of the molecule is CCc1nn(C)c(N2CCCCC2C(C)=O)c1[N+](=O)[O-]. The Morgan fingerprint density at radius 1 is 1.50 bits per heavy atom. The number of nitrogens with zero attached hydrogens (tertiary/aromatic N) is 4. The average Bonchev–Trinajstić information content (AvgIpc) is 2.75. The number of carbonyl (C=O) groups is 1. The lowest BCUT2D eigenvalue weighted by Crippen LogP contribution is -2.45. The minimum atomic E-state index is -0.382. The number of anilines is 1. The van der Waals surface area contributed by atoms with E-state index in [4.69, 9.17) is 0 Å². The molecule has 0 aliphatic carbocycles. The number of carbonyl (C=O) groups excluding carboxylic acids is 1. The summed E-state index contributed by atoms with van der Waals surface area (Å²) in [4.78, 5) is 24.7. The number of nitro groups is 1. The van der Waals surface area contributed by atoms with Crippen molar-refractivity contribution in [3.8, 4) is 0 Å². The Hall–Kier alpha value is -1.92. The van der Waals surface area contributed by atoms with Crippen LogP contribution in [0.5, 0.6) is 0 Å². The minimum absolute atomic E-state index is 0.0446. The number of hydrogen-bond acceptors (Lipinski definition) is 5. The zero-order valence-electron chi connectivity index (χ0n) is 12.1. The van der Waals surface area contributed by atoms with Crippen molar-refractivity contribution in [3.63, 3.8) is 0 Å². The Labute approximate surface area is 117 Å². The maximum absolute atomic E-state index is 11.8. The molecule has 7 nitrogen and oxygen atoms in total. The number of hydrogen-bond donors (Lipinski definition) is 0. The van der Waals surface area contributed by atoms with Gasteiger partial charge < -0.3 is 4.90 Å². The van der Waals surface area contributed by atoms with Gasteiger partial charge in [0.1, 0.15) is 5.69 Å². The van der Waals surface area contributed by atoms with E-state index in [-0.39, 0.29) is 22.4 Å². The zero-order valence-corrected chi connectivity index (χ0v) is 12.1. The molecule has 0 N–H and O–H groups in total. The Morgan fingerprint density at radius 3 is 2.75 bits per heavy atom. The lowest BCUT2D eigenvalue weighted by atomic mass is 9.99. The molecule has 1 aromatic heterocycles. The molecule has 110 valence electrons. The molecule has 0 saturated carbocycles. The first-order chi connectivity index (χ1) is 9.47. The Bertz CT molecular complexity index is 538. The van der Waals surface area contributed by atoms with Crippen LogP contribution in [0.1, 0.15) is 38.8 Å². The maximum Gasteiger partial charge on any atom is 0.334 e. The largest absolute Gasteiger partial charge is 0.341 e. The lowest BCUT2D eigenvalue weighted by Gasteiger charge is -2.34. The zero-order chi connectivity index (χ0) is 14.9. The highest BCUT2D eigenvalue weighted by atomic mass is 16.6. The van der Waals surface area contributed by atoms with E-state index in [0.29, 0.717) is 24.5 Å². The van der Waals surface area contributed by atoms with E-state index in [1.54, 1.807) is 14.0 Å². The van der Waals surface area contributed by atoms with Crippen molar-refractivity contribution < 1.29 is 9.72 Å². The van der Waals surface area contributed by atoms with Crippen molar-refractivity contribution in [2.24, 2.45) is 7.05 Å². The second-order valence-corrected chi connectivity index (χ2v) is 5.17. The second kappa shape index (κ2) is 5.60. The molecule has 1 atom stereocenters. The number of aromatic nitrogens is 2. The van der Waals surface area contributed by atoms with Crippen molar-refractivity contribution in [1.82, 2.24) is 9.78 Å². The topological polar surface area (TPSA) is 81.3 Å². The molecule has 2 heterocycles. The molecular formula is C13H20N4O3. The Kier molecular flexibility index (Phi) is 4.06. The van der Waals surface area contributed by atoms with Gasteiger partial charge in [-0.1, -0.05) is 6.92 Å². The minimum Gasteiger partial charge on any atom is -0.341 e. The molecule has 0 aromatic carbocycles. The highest BCUT2D eigenvalue weighted by Gasteiger charge is 2.35. The van der Waals surface area contributed by atoms with Crippen LogP contribution in [0.15, 0.2) is 0 Å². The van der Waals surface area contributed by atoms with Crippen LogP contribution >= 0.6 is 0 Å². The van der Waals surface area contributed by atoms with Gasteiger partial charge >= 0.3 is 5.69 Å². The van der Waals surface area contributed by atoms with E-state index in [0.717, 1.165) is 19.3 Å². The molecule has 0 spiro atoms. The molecule has 0 bridgehead atoms. The van der Waals surface area contributed by atoms with Crippen molar-refractivity contribution in [2.75, 3.05) is 11.4 Å². The summed E-state index contributed by atoms with van der Waals surface area (Å²) < 4.78 is 1.54. The fourth-order valence-electron chi connectivity index (χ4n) is 2.91. The summed E-state index contributed by atoms with van der Waals surface area (Å²) in [6.07, 6.45) is 3.17. The molecule has 1 fully saturated rings. The van der Waals surface area contributed by atoms with E-state index in [1.807, 2.05) is 11.8 Å². The Morgan fingerprint density at radius 2 is 2.20 bits per heavy atom. The van der Waals surface area contributed by atoms with Gasteiger partial charge in [-0.05, 0) is 32.6 Å². The van der Waals surface area contributed by atoms with Gasteiger partial charge in [0.25, 0.3) is 0 Å². The molecular weight excluding hydrogens is 260 g/mol. The molecule has 1 aliphatic rings. The van der Waals surface area contributed by atoms with Crippen LogP contribution in [0, 0.1) is 10.1 Å². The first-order valence-corrected chi connectivity index (χ1v) is 6.94. The van der Waals surface area contributed by atoms with Gasteiger partial charge in [0.05, 0.1) is 11.0 Å². The summed E-state index contributed by atoms with van der Waals surface area (Å²) in [7, 11) is 1.70. The van der Waals surface area contributed by atoms with Gasteiger partial charge in [-0.2, -0.15) is 5.10 Å². The van der Waals surface area contributed by atoms with Crippen LogP contribution in [0.3, 0.4) is 0 Å². The van der Waals surface area contributed by atoms with Crippen LogP contribution in [0.2, 0.25) is 0 Å². The summed E-state index contributed by atoms with van der Waals surface area (Å²) in [5, 5.41) is 15.6. The molecule has 0 radical (unpaired) electrons. The molecule has 1 aromatic rings. The number of Topliss-reactive ketones (excluding diaryl/α,β-unsaturated/α-hetero) is 1. The highest BCUT2D eigenvalue weighted by molar-refractivity contribution is 5.86. The third kappa shape index (κ3) is 2.39. The van der Waals surface area contributed by atoms with Crippen LogP contribution in [-0.4, -0.2) is 33.1 Å². The summed E-state index contributed by atoms with van der Waals surface area (Å²) in [5.74, 6) is 0.519. The van der Waals surface area contributed by atoms with E-state index in [2.05, 4.69) is 5.10 Å². The first-order valence-electron chi connectivity index (χ1n) is 6.94. The molecule has 0 amide bonds. The monoisotopic (exact) mass is 280 g/mol. The molecule has 20 heavy (non-hydrogen) atoms. The summed E-state index contributed by atoms with van der Waals surface area (Å²) in [6, 6.07) is -0.275.